The van der Waals surface area contributed by atoms with Crippen LogP contribution in [0.3, 0.4) is 0 Å². The Morgan fingerprint density at radius 2 is 2.14 bits per heavy atom. The van der Waals surface area contributed by atoms with Crippen molar-refractivity contribution in [1.82, 2.24) is 4.90 Å². The van der Waals surface area contributed by atoms with Crippen molar-refractivity contribution in [2.24, 2.45) is 0 Å². The van der Waals surface area contributed by atoms with Gasteiger partial charge in [-0.05, 0) is 24.6 Å². The molecular formula is C15H21NO3S2. The highest BCUT2D eigenvalue weighted by Gasteiger charge is 2.32. The highest BCUT2D eigenvalue weighted by molar-refractivity contribution is 8.00. The number of benzene rings is 1. The third-order valence-corrected chi connectivity index (χ3v) is 5.36. The van der Waals surface area contributed by atoms with Gasteiger partial charge in [0.1, 0.15) is 11.1 Å². The molecule has 1 unspecified atom stereocenters. The molecule has 1 aliphatic heterocycles. The number of rotatable bonds is 8. The number of ether oxygens (including phenoxy) is 1. The molecule has 0 radical (unpaired) electrons. The van der Waals surface area contributed by atoms with Gasteiger partial charge in [0.15, 0.2) is 0 Å². The maximum Gasteiger partial charge on any atom is 0.233 e. The zero-order chi connectivity index (χ0) is 15.1. The zero-order valence-electron chi connectivity index (χ0n) is 12.2. The third kappa shape index (κ3) is 4.56. The van der Waals surface area contributed by atoms with Gasteiger partial charge in [-0.25, -0.2) is 0 Å². The normalized spacial score (nSPS) is 18.3. The van der Waals surface area contributed by atoms with Crippen LogP contribution in [0.4, 0.5) is 0 Å². The monoisotopic (exact) mass is 327 g/mol. The maximum atomic E-state index is 12.0. The van der Waals surface area contributed by atoms with Crippen LogP contribution in [0.25, 0.3) is 0 Å². The fourth-order valence-corrected chi connectivity index (χ4v) is 4.07. The lowest BCUT2D eigenvalue weighted by atomic mass is 10.2. The van der Waals surface area contributed by atoms with Gasteiger partial charge >= 0.3 is 0 Å². The molecule has 0 saturated carbocycles. The first kappa shape index (κ1) is 16.5. The van der Waals surface area contributed by atoms with Crippen LogP contribution in [-0.2, 0) is 4.79 Å². The van der Waals surface area contributed by atoms with Gasteiger partial charge in [-0.2, -0.15) is 11.8 Å². The van der Waals surface area contributed by atoms with E-state index in [9.17, 15) is 4.79 Å². The molecule has 1 aromatic rings. The number of hydrogen-bond donors (Lipinski definition) is 1. The van der Waals surface area contributed by atoms with Gasteiger partial charge in [-0.15, -0.1) is 11.8 Å². The van der Waals surface area contributed by atoms with E-state index < -0.39 is 0 Å². The number of carbonyl (C=O) groups is 1. The Labute approximate surface area is 134 Å². The van der Waals surface area contributed by atoms with Gasteiger partial charge in [0.05, 0.1) is 19.0 Å². The Morgan fingerprint density at radius 1 is 1.38 bits per heavy atom. The van der Waals surface area contributed by atoms with Gasteiger partial charge < -0.3 is 14.7 Å². The SMILES string of the molecule is CCOc1ccc(C2SCC(=O)N2CCSCCO)cc1. The fraction of sp³-hybridized carbons (Fsp3) is 0.533. The molecule has 21 heavy (non-hydrogen) atoms. The van der Waals surface area contributed by atoms with E-state index in [1.807, 2.05) is 36.1 Å². The largest absolute Gasteiger partial charge is 0.494 e. The molecular weight excluding hydrogens is 306 g/mol. The molecule has 2 rings (SSSR count). The summed E-state index contributed by atoms with van der Waals surface area (Å²) < 4.78 is 5.45. The Kier molecular flexibility index (Phi) is 6.73. The smallest absolute Gasteiger partial charge is 0.233 e. The van der Waals surface area contributed by atoms with Gasteiger partial charge in [0.25, 0.3) is 0 Å². The highest BCUT2D eigenvalue weighted by Crippen LogP contribution is 2.39. The van der Waals surface area contributed by atoms with Gasteiger partial charge in [0, 0.05) is 18.1 Å². The lowest BCUT2D eigenvalue weighted by molar-refractivity contribution is -0.127. The number of carbonyl (C=O) groups excluding carboxylic acids is 1. The molecule has 1 fully saturated rings. The minimum atomic E-state index is 0.0999. The van der Waals surface area contributed by atoms with Crippen LogP contribution in [0, 0.1) is 0 Å². The van der Waals surface area contributed by atoms with E-state index in [0.717, 1.165) is 29.4 Å². The molecule has 1 aromatic carbocycles. The number of aliphatic hydroxyl groups excluding tert-OH is 1. The maximum absolute atomic E-state index is 12.0. The molecule has 116 valence electrons. The first-order valence-electron chi connectivity index (χ1n) is 7.08. The van der Waals surface area contributed by atoms with Crippen LogP contribution in [0.2, 0.25) is 0 Å². The molecule has 6 heteroatoms. The quantitative estimate of drug-likeness (QED) is 0.743. The Hall–Kier alpha value is -0.850. The van der Waals surface area contributed by atoms with Crippen molar-refractivity contribution >= 4 is 29.4 Å². The van der Waals surface area contributed by atoms with Crippen molar-refractivity contribution in [3.05, 3.63) is 29.8 Å². The van der Waals surface area contributed by atoms with Crippen molar-refractivity contribution < 1.29 is 14.6 Å². The predicted octanol–water partition coefficient (Wildman–Crippen LogP) is 2.38. The lowest BCUT2D eigenvalue weighted by Crippen LogP contribution is -2.30. The number of thioether (sulfide) groups is 2. The number of amides is 1. The summed E-state index contributed by atoms with van der Waals surface area (Å²) in [6.45, 7) is 3.54. The molecule has 0 spiro atoms. The number of aliphatic hydroxyl groups is 1. The summed E-state index contributed by atoms with van der Waals surface area (Å²) in [4.78, 5) is 13.9. The summed E-state index contributed by atoms with van der Waals surface area (Å²) in [6, 6.07) is 7.99. The lowest BCUT2D eigenvalue weighted by Gasteiger charge is -2.24. The molecule has 0 aliphatic carbocycles. The zero-order valence-corrected chi connectivity index (χ0v) is 13.8. The number of nitrogens with zero attached hydrogens (tertiary/aromatic N) is 1. The summed E-state index contributed by atoms with van der Waals surface area (Å²) in [7, 11) is 0. The van der Waals surface area contributed by atoms with Crippen LogP contribution < -0.4 is 4.74 Å². The third-order valence-electron chi connectivity index (χ3n) is 3.16. The van der Waals surface area contributed by atoms with Crippen molar-refractivity contribution in [3.8, 4) is 5.75 Å². The van der Waals surface area contributed by atoms with E-state index in [4.69, 9.17) is 9.84 Å². The molecule has 1 saturated heterocycles. The number of hydrogen-bond acceptors (Lipinski definition) is 5. The predicted molar refractivity (Wildman–Crippen MR) is 88.9 cm³/mol. The molecule has 0 bridgehead atoms. The Balaban J connectivity index is 1.97. The summed E-state index contributed by atoms with van der Waals surface area (Å²) in [5.74, 6) is 3.19. The minimum Gasteiger partial charge on any atom is -0.494 e. The van der Waals surface area contributed by atoms with E-state index in [1.54, 1.807) is 23.5 Å². The average molecular weight is 327 g/mol. The van der Waals surface area contributed by atoms with Gasteiger partial charge in [-0.1, -0.05) is 12.1 Å². The van der Waals surface area contributed by atoms with E-state index in [1.165, 1.54) is 0 Å². The second-order valence-corrected chi connectivity index (χ2v) is 6.88. The molecule has 1 aliphatic rings. The molecule has 1 N–H and O–H groups in total. The van der Waals surface area contributed by atoms with Crippen LogP contribution in [-0.4, -0.2) is 52.9 Å². The van der Waals surface area contributed by atoms with E-state index in [2.05, 4.69) is 0 Å². The highest BCUT2D eigenvalue weighted by atomic mass is 32.2. The molecule has 1 atom stereocenters. The Bertz CT molecular complexity index is 453. The molecule has 4 nitrogen and oxygen atoms in total. The first-order valence-corrected chi connectivity index (χ1v) is 9.29. The topological polar surface area (TPSA) is 49.8 Å². The van der Waals surface area contributed by atoms with Crippen LogP contribution in [0.15, 0.2) is 24.3 Å². The van der Waals surface area contributed by atoms with E-state index in [0.29, 0.717) is 12.4 Å². The minimum absolute atomic E-state index is 0.0999. The summed E-state index contributed by atoms with van der Waals surface area (Å²) >= 11 is 3.35. The van der Waals surface area contributed by atoms with Crippen molar-refractivity contribution in [2.45, 2.75) is 12.3 Å². The van der Waals surface area contributed by atoms with E-state index in [-0.39, 0.29) is 17.9 Å². The Morgan fingerprint density at radius 3 is 2.81 bits per heavy atom. The second kappa shape index (κ2) is 8.56. The summed E-state index contributed by atoms with van der Waals surface area (Å²) in [5.41, 5.74) is 1.14. The standard InChI is InChI=1S/C15H21NO3S2/c1-2-19-13-5-3-12(4-6-13)15-16(14(18)11-21-15)7-9-20-10-8-17/h3-6,15,17H,2,7-11H2,1H3. The van der Waals surface area contributed by atoms with Crippen molar-refractivity contribution in [3.63, 3.8) is 0 Å². The van der Waals surface area contributed by atoms with Crippen molar-refractivity contribution in [1.29, 1.82) is 0 Å². The summed E-state index contributed by atoms with van der Waals surface area (Å²) in [6.07, 6.45) is 0. The van der Waals surface area contributed by atoms with E-state index >= 15 is 0 Å². The second-order valence-electron chi connectivity index (χ2n) is 4.59. The molecule has 1 amide bonds. The summed E-state index contributed by atoms with van der Waals surface area (Å²) in [5, 5.41) is 8.89. The average Bonchev–Trinajstić information content (AvgIpc) is 2.86. The van der Waals surface area contributed by atoms with Gasteiger partial charge in [0.2, 0.25) is 5.91 Å². The van der Waals surface area contributed by atoms with Crippen LogP contribution in [0.1, 0.15) is 17.9 Å². The fourth-order valence-electron chi connectivity index (χ4n) is 2.20. The van der Waals surface area contributed by atoms with Crippen LogP contribution >= 0.6 is 23.5 Å². The van der Waals surface area contributed by atoms with Crippen molar-refractivity contribution in [2.75, 3.05) is 37.0 Å². The first-order chi connectivity index (χ1) is 10.3. The molecule has 0 aromatic heterocycles. The van der Waals surface area contributed by atoms with Gasteiger partial charge in [-0.3, -0.25) is 4.79 Å². The molecule has 1 heterocycles. The van der Waals surface area contributed by atoms with Crippen LogP contribution in [0.5, 0.6) is 5.75 Å².